The highest BCUT2D eigenvalue weighted by molar-refractivity contribution is 5.97. The van der Waals surface area contributed by atoms with Gasteiger partial charge in [-0.1, -0.05) is 6.92 Å². The number of piperazine rings is 1. The van der Waals surface area contributed by atoms with Crippen molar-refractivity contribution >= 4 is 22.5 Å². The fraction of sp³-hybridized carbons (Fsp3) is 0.586. The monoisotopic (exact) mass is 638 g/mol. The van der Waals surface area contributed by atoms with E-state index in [0.29, 0.717) is 26.1 Å². The van der Waals surface area contributed by atoms with Gasteiger partial charge in [-0.15, -0.1) is 0 Å². The number of pyridine rings is 2. The van der Waals surface area contributed by atoms with Gasteiger partial charge in [-0.25, -0.2) is 23.1 Å². The number of nitrogens with zero attached hydrogens (tertiary/aromatic N) is 6. The summed E-state index contributed by atoms with van der Waals surface area (Å²) < 4.78 is 100. The number of nitrogens with two attached hydrogens (primary N) is 1. The summed E-state index contributed by atoms with van der Waals surface area (Å²) in [6.07, 6.45) is -4.59. The third-order valence-corrected chi connectivity index (χ3v) is 9.49. The van der Waals surface area contributed by atoms with Gasteiger partial charge in [0, 0.05) is 32.1 Å². The lowest BCUT2D eigenvalue weighted by atomic mass is 9.85. The van der Waals surface area contributed by atoms with Crippen LogP contribution in [0.2, 0.25) is 0 Å². The van der Waals surface area contributed by atoms with Crippen LogP contribution >= 0.6 is 0 Å². The van der Waals surface area contributed by atoms with Crippen molar-refractivity contribution in [3.8, 4) is 23.3 Å². The number of halogens is 6. The second-order valence-electron chi connectivity index (χ2n) is 12.5. The lowest BCUT2D eigenvalue weighted by Gasteiger charge is -2.46. The molecule has 45 heavy (non-hydrogen) atoms. The molecule has 0 saturated carbocycles. The van der Waals surface area contributed by atoms with E-state index in [-0.39, 0.29) is 65.2 Å². The van der Waals surface area contributed by atoms with E-state index < -0.39 is 52.9 Å². The Morgan fingerprint density at radius 3 is 2.62 bits per heavy atom. The topological polar surface area (TPSA) is 115 Å². The van der Waals surface area contributed by atoms with Gasteiger partial charge in [0.15, 0.2) is 5.82 Å². The molecule has 4 aliphatic rings. The van der Waals surface area contributed by atoms with Gasteiger partial charge in [-0.05, 0) is 38.3 Å². The maximum atomic E-state index is 16.6. The molecule has 0 aliphatic carbocycles. The van der Waals surface area contributed by atoms with Crippen LogP contribution in [-0.4, -0.2) is 87.3 Å². The molecule has 4 aliphatic heterocycles. The van der Waals surface area contributed by atoms with E-state index in [1.165, 1.54) is 6.92 Å². The van der Waals surface area contributed by atoms with Crippen molar-refractivity contribution in [2.24, 2.45) is 0 Å². The predicted octanol–water partition coefficient (Wildman–Crippen LogP) is 4.34. The number of hydrogen-bond acceptors (Lipinski definition) is 10. The van der Waals surface area contributed by atoms with Crippen LogP contribution in [0.5, 0.6) is 11.9 Å². The zero-order valence-corrected chi connectivity index (χ0v) is 24.8. The third-order valence-electron chi connectivity index (χ3n) is 9.49. The number of nitrogen functional groups attached to an aromatic ring is 1. The smallest absolute Gasteiger partial charge is 0.418 e. The lowest BCUT2D eigenvalue weighted by molar-refractivity contribution is -0.137. The molecule has 0 bridgehead atoms. The highest BCUT2D eigenvalue weighted by Crippen LogP contribution is 2.48. The molecular formula is C29H32F6N8O2. The van der Waals surface area contributed by atoms with Crippen LogP contribution in [0.15, 0.2) is 6.07 Å². The summed E-state index contributed by atoms with van der Waals surface area (Å²) in [6, 6.07) is 0.505. The van der Waals surface area contributed by atoms with E-state index in [2.05, 4.69) is 25.3 Å². The maximum Gasteiger partial charge on any atom is 0.418 e. The Balaban J connectivity index is 1.42. The first-order valence-electron chi connectivity index (χ1n) is 14.9. The molecule has 16 heteroatoms. The fourth-order valence-corrected chi connectivity index (χ4v) is 7.13. The Kier molecular flexibility index (Phi) is 6.79. The van der Waals surface area contributed by atoms with Crippen LogP contribution in [0, 0.1) is 12.7 Å². The summed E-state index contributed by atoms with van der Waals surface area (Å²) in [4.78, 5) is 20.7. The number of rotatable bonds is 5. The number of hydrogen-bond donors (Lipinski definition) is 2. The van der Waals surface area contributed by atoms with Crippen LogP contribution in [0.25, 0.3) is 22.3 Å². The molecule has 0 spiro atoms. The highest BCUT2D eigenvalue weighted by atomic mass is 19.4. The molecule has 0 unspecified atom stereocenters. The molecule has 0 aromatic carbocycles. The minimum absolute atomic E-state index is 0.0541. The van der Waals surface area contributed by atoms with Crippen LogP contribution < -0.4 is 25.4 Å². The average Bonchev–Trinajstić information content (AvgIpc) is 3.06. The first-order valence-corrected chi connectivity index (χ1v) is 14.9. The van der Waals surface area contributed by atoms with Gasteiger partial charge in [-0.2, -0.15) is 23.1 Å². The molecule has 7 heterocycles. The summed E-state index contributed by atoms with van der Waals surface area (Å²) in [5.41, 5.74) is 1.53. The molecule has 0 amide bonds. The molecule has 10 nitrogen and oxygen atoms in total. The SMILES string of the molecule is CC[C@@H]1CN2c3nc(OC[C@@]45CCN4CC(F)(F)C5)nc4c(F)c(-c5nc(N)cc(C)c5C(F)(F)F)nc(c34)O[C@@H](C)[C@@H]2CN1. The van der Waals surface area contributed by atoms with Gasteiger partial charge in [0.25, 0.3) is 5.92 Å². The molecule has 4 atom stereocenters. The standard InChI is InChI=1S/C29H32F6N8O2/c1-4-15-9-43-16(8-37-15)14(3)45-25-18-21(20(30)23(39-25)22-19(29(33,34)35)13(2)7-17(36)38-22)40-26(41-24(18)43)44-12-27-5-6-42(27)11-28(31,32)10-27/h7,14-16,37H,4-6,8-12H2,1-3H3,(H2,36,38)/t14-,15+,16-,27-/m0/s1. The lowest BCUT2D eigenvalue weighted by Crippen LogP contribution is -2.60. The summed E-state index contributed by atoms with van der Waals surface area (Å²) in [7, 11) is 0. The van der Waals surface area contributed by atoms with E-state index in [4.69, 9.17) is 15.2 Å². The first kappa shape index (κ1) is 30.0. The van der Waals surface area contributed by atoms with E-state index in [1.54, 1.807) is 11.8 Å². The maximum absolute atomic E-state index is 16.6. The fourth-order valence-electron chi connectivity index (χ4n) is 7.13. The minimum Gasteiger partial charge on any atom is -0.472 e. The van der Waals surface area contributed by atoms with Crippen molar-refractivity contribution in [3.63, 3.8) is 0 Å². The minimum atomic E-state index is -4.91. The van der Waals surface area contributed by atoms with E-state index in [0.717, 1.165) is 12.5 Å². The Labute approximate surface area is 254 Å². The summed E-state index contributed by atoms with van der Waals surface area (Å²) in [5.74, 6) is -4.24. The van der Waals surface area contributed by atoms with Gasteiger partial charge in [0.2, 0.25) is 5.88 Å². The zero-order chi connectivity index (χ0) is 32.1. The van der Waals surface area contributed by atoms with E-state index >= 15 is 4.39 Å². The zero-order valence-electron chi connectivity index (χ0n) is 24.8. The predicted molar refractivity (Wildman–Crippen MR) is 152 cm³/mol. The van der Waals surface area contributed by atoms with Gasteiger partial charge in [0.05, 0.1) is 23.7 Å². The molecule has 242 valence electrons. The van der Waals surface area contributed by atoms with Crippen molar-refractivity contribution in [1.29, 1.82) is 0 Å². The molecule has 3 aromatic heterocycles. The number of aromatic nitrogens is 4. The Hall–Kier alpha value is -3.66. The van der Waals surface area contributed by atoms with Crippen molar-refractivity contribution in [1.82, 2.24) is 30.2 Å². The van der Waals surface area contributed by atoms with Crippen LogP contribution in [-0.2, 0) is 6.18 Å². The molecule has 0 radical (unpaired) electrons. The first-order chi connectivity index (χ1) is 21.2. The quantitative estimate of drug-likeness (QED) is 0.392. The Morgan fingerprint density at radius 1 is 1.18 bits per heavy atom. The van der Waals surface area contributed by atoms with Gasteiger partial charge >= 0.3 is 12.2 Å². The molecule has 3 fully saturated rings. The number of aryl methyl sites for hydroxylation is 1. The van der Waals surface area contributed by atoms with Gasteiger partial charge < -0.3 is 25.4 Å². The van der Waals surface area contributed by atoms with Crippen molar-refractivity contribution in [2.45, 2.75) is 75.9 Å². The average molecular weight is 639 g/mol. The largest absolute Gasteiger partial charge is 0.472 e. The van der Waals surface area contributed by atoms with E-state index in [9.17, 15) is 22.0 Å². The molecule has 3 N–H and O–H groups in total. The normalized spacial score (nSPS) is 27.4. The molecule has 7 rings (SSSR count). The highest BCUT2D eigenvalue weighted by Gasteiger charge is 2.60. The van der Waals surface area contributed by atoms with Crippen molar-refractivity contribution in [3.05, 3.63) is 23.0 Å². The summed E-state index contributed by atoms with van der Waals surface area (Å²) in [5, 5.41) is 3.53. The third kappa shape index (κ3) is 4.87. The number of ether oxygens (including phenoxy) is 2. The molecule has 3 saturated heterocycles. The summed E-state index contributed by atoms with van der Waals surface area (Å²) in [6.45, 7) is 5.90. The van der Waals surface area contributed by atoms with E-state index in [1.807, 2.05) is 11.8 Å². The van der Waals surface area contributed by atoms with Crippen molar-refractivity contribution in [2.75, 3.05) is 43.4 Å². The number of anilines is 2. The summed E-state index contributed by atoms with van der Waals surface area (Å²) >= 11 is 0. The van der Waals surface area contributed by atoms with Crippen LogP contribution in [0.4, 0.5) is 38.0 Å². The Morgan fingerprint density at radius 2 is 1.96 bits per heavy atom. The number of fused-ring (bicyclic) bond motifs is 3. The Bertz CT molecular complexity index is 1690. The number of alkyl halides is 5. The molecule has 3 aromatic rings. The van der Waals surface area contributed by atoms with Crippen molar-refractivity contribution < 1.29 is 35.8 Å². The molecular weight excluding hydrogens is 606 g/mol. The van der Waals surface area contributed by atoms with Crippen LogP contribution in [0.1, 0.15) is 44.2 Å². The van der Waals surface area contributed by atoms with Crippen LogP contribution in [0.3, 0.4) is 0 Å². The number of nitrogens with one attached hydrogen (secondary N) is 1. The van der Waals surface area contributed by atoms with Gasteiger partial charge in [0.1, 0.15) is 46.6 Å². The second-order valence-corrected chi connectivity index (χ2v) is 12.5. The second kappa shape index (κ2) is 10.2. The van der Waals surface area contributed by atoms with Gasteiger partial charge in [-0.3, -0.25) is 4.90 Å².